The van der Waals surface area contributed by atoms with Crippen molar-refractivity contribution in [1.29, 1.82) is 0 Å². The number of nitrogens with one attached hydrogen (secondary N) is 1. The molecule has 2 atom stereocenters. The zero-order valence-corrected chi connectivity index (χ0v) is 14.0. The monoisotopic (exact) mass is 322 g/mol. The molecule has 1 saturated carbocycles. The summed E-state index contributed by atoms with van der Waals surface area (Å²) in [7, 11) is 0. The van der Waals surface area contributed by atoms with Crippen LogP contribution in [0.1, 0.15) is 37.3 Å². The number of carbonyl (C=O) groups is 1. The lowest BCUT2D eigenvalue weighted by Gasteiger charge is -2.05. The molecule has 124 valence electrons. The Bertz CT molecular complexity index is 723. The van der Waals surface area contributed by atoms with E-state index in [9.17, 15) is 4.79 Å². The summed E-state index contributed by atoms with van der Waals surface area (Å²) in [6.45, 7) is 4.49. The van der Waals surface area contributed by atoms with Crippen molar-refractivity contribution in [2.75, 3.05) is 6.61 Å². The highest BCUT2D eigenvalue weighted by atomic mass is 16.5. The lowest BCUT2D eigenvalue weighted by atomic mass is 10.1. The summed E-state index contributed by atoms with van der Waals surface area (Å²) in [4.78, 5) is 12.2. The maximum atomic E-state index is 12.2. The third kappa shape index (κ3) is 3.82. The third-order valence-corrected chi connectivity index (χ3v) is 4.27. The van der Waals surface area contributed by atoms with Gasteiger partial charge in [-0.1, -0.05) is 30.3 Å². The molecule has 1 fully saturated rings. The average molecular weight is 322 g/mol. The van der Waals surface area contributed by atoms with Gasteiger partial charge in [0, 0.05) is 5.92 Å². The number of amides is 1. The minimum atomic E-state index is -0.00543. The van der Waals surface area contributed by atoms with Crippen LogP contribution in [0.4, 0.5) is 0 Å². The van der Waals surface area contributed by atoms with E-state index in [-0.39, 0.29) is 11.8 Å². The number of rotatable bonds is 6. The molecule has 0 unspecified atom stereocenters. The number of carbonyl (C=O) groups excluding carboxylic acids is 1. The Morgan fingerprint density at radius 1 is 1.17 bits per heavy atom. The van der Waals surface area contributed by atoms with Crippen molar-refractivity contribution >= 4 is 11.6 Å². The summed E-state index contributed by atoms with van der Waals surface area (Å²) in [5, 5.41) is 4.24. The van der Waals surface area contributed by atoms with Gasteiger partial charge in [-0.05, 0) is 61.6 Å². The van der Waals surface area contributed by atoms with E-state index in [2.05, 4.69) is 22.7 Å². The van der Waals surface area contributed by atoms with Crippen LogP contribution in [0.25, 0.3) is 0 Å². The molecule has 3 rings (SSSR count). The van der Waals surface area contributed by atoms with Gasteiger partial charge in [-0.25, -0.2) is 5.43 Å². The van der Waals surface area contributed by atoms with Gasteiger partial charge < -0.3 is 4.74 Å². The molecule has 4 nitrogen and oxygen atoms in total. The van der Waals surface area contributed by atoms with E-state index in [0.29, 0.717) is 12.5 Å². The van der Waals surface area contributed by atoms with Gasteiger partial charge in [0.2, 0.25) is 5.91 Å². The molecule has 1 N–H and O–H groups in total. The van der Waals surface area contributed by atoms with Crippen LogP contribution in [0.3, 0.4) is 0 Å². The molecule has 0 aliphatic heterocycles. The van der Waals surface area contributed by atoms with Crippen LogP contribution in [0, 0.1) is 5.92 Å². The topological polar surface area (TPSA) is 50.7 Å². The average Bonchev–Trinajstić information content (AvgIpc) is 3.42. The quantitative estimate of drug-likeness (QED) is 0.651. The molecule has 2 aromatic rings. The van der Waals surface area contributed by atoms with Gasteiger partial charge in [0.25, 0.3) is 0 Å². The van der Waals surface area contributed by atoms with Gasteiger partial charge in [-0.15, -0.1) is 0 Å². The Kier molecular flexibility index (Phi) is 4.94. The van der Waals surface area contributed by atoms with E-state index in [4.69, 9.17) is 4.74 Å². The van der Waals surface area contributed by atoms with Gasteiger partial charge in [0.05, 0.1) is 12.3 Å². The van der Waals surface area contributed by atoms with E-state index < -0.39 is 0 Å². The molecule has 2 aromatic carbocycles. The van der Waals surface area contributed by atoms with Crippen LogP contribution >= 0.6 is 0 Å². The number of ether oxygens (including phenoxy) is 1. The number of hydrogen-bond acceptors (Lipinski definition) is 3. The predicted molar refractivity (Wildman–Crippen MR) is 95.3 cm³/mol. The normalized spacial score (nSPS) is 19.7. The number of hydrogen-bond donors (Lipinski definition) is 1. The summed E-state index contributed by atoms with van der Waals surface area (Å²) in [6, 6.07) is 17.9. The Balaban J connectivity index is 1.56. The van der Waals surface area contributed by atoms with E-state index >= 15 is 0 Å². The molecule has 1 aliphatic carbocycles. The highest BCUT2D eigenvalue weighted by Crippen LogP contribution is 2.47. The fourth-order valence-electron chi connectivity index (χ4n) is 2.80. The second kappa shape index (κ2) is 7.30. The second-order valence-electron chi connectivity index (χ2n) is 5.99. The Morgan fingerprint density at radius 2 is 1.88 bits per heavy atom. The van der Waals surface area contributed by atoms with Crippen molar-refractivity contribution in [3.8, 4) is 5.75 Å². The van der Waals surface area contributed by atoms with Crippen molar-refractivity contribution in [3.63, 3.8) is 0 Å². The molecule has 0 spiro atoms. The van der Waals surface area contributed by atoms with Gasteiger partial charge >= 0.3 is 0 Å². The van der Waals surface area contributed by atoms with E-state index in [1.165, 1.54) is 5.56 Å². The fourth-order valence-corrected chi connectivity index (χ4v) is 2.80. The van der Waals surface area contributed by atoms with Gasteiger partial charge in [-0.3, -0.25) is 4.79 Å². The summed E-state index contributed by atoms with van der Waals surface area (Å²) in [6.07, 6.45) is 0.896. The molecular weight excluding hydrogens is 300 g/mol. The molecule has 0 aromatic heterocycles. The summed E-state index contributed by atoms with van der Waals surface area (Å²) < 4.78 is 5.42. The van der Waals surface area contributed by atoms with Crippen LogP contribution < -0.4 is 10.2 Å². The van der Waals surface area contributed by atoms with Crippen LogP contribution in [-0.4, -0.2) is 18.2 Å². The van der Waals surface area contributed by atoms with Crippen molar-refractivity contribution < 1.29 is 9.53 Å². The van der Waals surface area contributed by atoms with Crippen molar-refractivity contribution in [3.05, 3.63) is 65.7 Å². The van der Waals surface area contributed by atoms with Gasteiger partial charge in [-0.2, -0.15) is 5.10 Å². The number of hydrazone groups is 1. The van der Waals surface area contributed by atoms with E-state index in [1.807, 2.05) is 56.3 Å². The summed E-state index contributed by atoms with van der Waals surface area (Å²) in [5.74, 6) is 1.19. The SMILES string of the molecule is CCOc1ccc(/C(C)=N\NC(=O)[C@@H]2C[C@@H]2c2ccccc2)cc1. The first-order valence-electron chi connectivity index (χ1n) is 8.31. The van der Waals surface area contributed by atoms with Gasteiger partial charge in [0.1, 0.15) is 5.75 Å². The van der Waals surface area contributed by atoms with E-state index in [0.717, 1.165) is 23.4 Å². The first-order valence-corrected chi connectivity index (χ1v) is 8.31. The zero-order valence-electron chi connectivity index (χ0n) is 14.0. The molecule has 24 heavy (non-hydrogen) atoms. The van der Waals surface area contributed by atoms with Crippen LogP contribution in [0.2, 0.25) is 0 Å². The standard InChI is InChI=1S/C20H22N2O2/c1-3-24-17-11-9-15(10-12-17)14(2)21-22-20(23)19-13-18(19)16-7-5-4-6-8-16/h4-12,18-19H,3,13H2,1-2H3,(H,22,23)/b21-14-/t18-,19-/m1/s1. The zero-order chi connectivity index (χ0) is 16.9. The third-order valence-electron chi connectivity index (χ3n) is 4.27. The first-order chi connectivity index (χ1) is 11.7. The molecule has 0 radical (unpaired) electrons. The molecule has 0 heterocycles. The van der Waals surface area contributed by atoms with Gasteiger partial charge in [0.15, 0.2) is 0 Å². The summed E-state index contributed by atoms with van der Waals surface area (Å²) >= 11 is 0. The molecule has 0 bridgehead atoms. The lowest BCUT2D eigenvalue weighted by Crippen LogP contribution is -2.21. The first kappa shape index (κ1) is 16.2. The van der Waals surface area contributed by atoms with Crippen molar-refractivity contribution in [1.82, 2.24) is 5.43 Å². The summed E-state index contributed by atoms with van der Waals surface area (Å²) in [5.41, 5.74) is 5.67. The number of benzene rings is 2. The highest BCUT2D eigenvalue weighted by molar-refractivity contribution is 5.99. The Labute approximate surface area is 142 Å². The smallest absolute Gasteiger partial charge is 0.243 e. The molecular formula is C20H22N2O2. The minimum Gasteiger partial charge on any atom is -0.494 e. The minimum absolute atomic E-state index is 0.00543. The Hall–Kier alpha value is -2.62. The highest BCUT2D eigenvalue weighted by Gasteiger charge is 2.43. The van der Waals surface area contributed by atoms with Crippen molar-refractivity contribution in [2.24, 2.45) is 11.0 Å². The molecule has 0 saturated heterocycles. The molecule has 1 aliphatic rings. The Morgan fingerprint density at radius 3 is 2.54 bits per heavy atom. The largest absolute Gasteiger partial charge is 0.494 e. The fraction of sp³-hybridized carbons (Fsp3) is 0.300. The maximum absolute atomic E-state index is 12.2. The van der Waals surface area contributed by atoms with Crippen LogP contribution in [0.5, 0.6) is 5.75 Å². The van der Waals surface area contributed by atoms with E-state index in [1.54, 1.807) is 0 Å². The van der Waals surface area contributed by atoms with Crippen LogP contribution in [-0.2, 0) is 4.79 Å². The predicted octanol–water partition coefficient (Wildman–Crippen LogP) is 3.73. The second-order valence-corrected chi connectivity index (χ2v) is 5.99. The van der Waals surface area contributed by atoms with Crippen LogP contribution in [0.15, 0.2) is 59.7 Å². The molecule has 1 amide bonds. The maximum Gasteiger partial charge on any atom is 0.243 e. The molecule has 4 heteroatoms. The van der Waals surface area contributed by atoms with Crippen molar-refractivity contribution in [2.45, 2.75) is 26.2 Å². The number of nitrogens with zero attached hydrogens (tertiary/aromatic N) is 1. The lowest BCUT2D eigenvalue weighted by molar-refractivity contribution is -0.122.